The summed E-state index contributed by atoms with van der Waals surface area (Å²) >= 11 is 0. The van der Waals surface area contributed by atoms with Gasteiger partial charge in [-0.3, -0.25) is 14.6 Å². The Labute approximate surface area is 188 Å². The second kappa shape index (κ2) is 8.94. The number of aromatic nitrogens is 2. The lowest BCUT2D eigenvalue weighted by Gasteiger charge is -2.42. The maximum Gasteiger partial charge on any atom is 0.253 e. The molecule has 3 heterocycles. The minimum atomic E-state index is -0.755. The summed E-state index contributed by atoms with van der Waals surface area (Å²) in [6, 6.07) is 13.4. The van der Waals surface area contributed by atoms with Gasteiger partial charge in [-0.25, -0.2) is 0 Å². The van der Waals surface area contributed by atoms with Gasteiger partial charge in [-0.1, -0.05) is 35.0 Å². The SMILES string of the molecule is Cc1ccc(-c2cc(C[C@@]3(C(=O)N(C)C)CCCN(C(=O)c4ccncc4)C3)on2)cc1. The highest BCUT2D eigenvalue weighted by molar-refractivity contribution is 5.95. The van der Waals surface area contributed by atoms with Crippen LogP contribution in [0.3, 0.4) is 0 Å². The van der Waals surface area contributed by atoms with E-state index in [1.165, 1.54) is 5.56 Å². The third kappa shape index (κ3) is 4.42. The highest BCUT2D eigenvalue weighted by Crippen LogP contribution is 2.37. The van der Waals surface area contributed by atoms with Gasteiger partial charge < -0.3 is 14.3 Å². The van der Waals surface area contributed by atoms with Crippen molar-refractivity contribution in [3.8, 4) is 11.3 Å². The molecule has 1 fully saturated rings. The Bertz CT molecular complexity index is 1090. The molecule has 0 N–H and O–H groups in total. The average Bonchev–Trinajstić information content (AvgIpc) is 3.27. The van der Waals surface area contributed by atoms with E-state index in [1.807, 2.05) is 37.3 Å². The van der Waals surface area contributed by atoms with E-state index in [0.29, 0.717) is 37.3 Å². The first-order valence-corrected chi connectivity index (χ1v) is 10.8. The van der Waals surface area contributed by atoms with E-state index in [-0.39, 0.29) is 11.8 Å². The van der Waals surface area contributed by atoms with Crippen LogP contribution in [0.15, 0.2) is 59.4 Å². The number of carbonyl (C=O) groups is 2. The second-order valence-corrected chi connectivity index (χ2v) is 8.77. The number of nitrogens with zero attached hydrogens (tertiary/aromatic N) is 4. The summed E-state index contributed by atoms with van der Waals surface area (Å²) in [6.07, 6.45) is 5.04. The molecule has 0 unspecified atom stereocenters. The van der Waals surface area contributed by atoms with Crippen molar-refractivity contribution in [1.29, 1.82) is 0 Å². The van der Waals surface area contributed by atoms with Gasteiger partial charge in [0.15, 0.2) is 0 Å². The van der Waals surface area contributed by atoms with Gasteiger partial charge in [0.25, 0.3) is 5.91 Å². The normalized spacial score (nSPS) is 18.4. The predicted octanol–water partition coefficient (Wildman–Crippen LogP) is 3.60. The van der Waals surface area contributed by atoms with Gasteiger partial charge in [0.05, 0.1) is 5.41 Å². The first kappa shape index (κ1) is 21.7. The molecule has 1 aliphatic heterocycles. The zero-order chi connectivity index (χ0) is 22.7. The van der Waals surface area contributed by atoms with Crippen molar-refractivity contribution >= 4 is 11.8 Å². The van der Waals surface area contributed by atoms with Crippen LogP contribution in [0.4, 0.5) is 0 Å². The fraction of sp³-hybridized carbons (Fsp3) is 0.360. The number of rotatable bonds is 5. The van der Waals surface area contributed by atoms with Crippen LogP contribution in [0.25, 0.3) is 11.3 Å². The number of aryl methyl sites for hydroxylation is 1. The molecule has 0 spiro atoms. The molecular weight excluding hydrogens is 404 g/mol. The number of pyridine rings is 1. The Hall–Kier alpha value is -3.48. The molecule has 3 aromatic rings. The lowest BCUT2D eigenvalue weighted by Crippen LogP contribution is -2.54. The highest BCUT2D eigenvalue weighted by Gasteiger charge is 2.45. The van der Waals surface area contributed by atoms with Crippen LogP contribution < -0.4 is 0 Å². The summed E-state index contributed by atoms with van der Waals surface area (Å²) < 4.78 is 5.65. The summed E-state index contributed by atoms with van der Waals surface area (Å²) in [5.41, 5.74) is 2.71. The summed E-state index contributed by atoms with van der Waals surface area (Å²) in [6.45, 7) is 3.00. The molecule has 2 amide bonds. The van der Waals surface area contributed by atoms with Crippen LogP contribution in [0.5, 0.6) is 0 Å². The molecule has 1 aromatic carbocycles. The van der Waals surface area contributed by atoms with E-state index >= 15 is 0 Å². The van der Waals surface area contributed by atoms with Crippen LogP contribution in [-0.4, -0.2) is 58.9 Å². The van der Waals surface area contributed by atoms with Crippen molar-refractivity contribution in [1.82, 2.24) is 19.9 Å². The van der Waals surface area contributed by atoms with Crippen molar-refractivity contribution in [2.75, 3.05) is 27.2 Å². The largest absolute Gasteiger partial charge is 0.361 e. The third-order valence-electron chi connectivity index (χ3n) is 6.07. The monoisotopic (exact) mass is 432 g/mol. The van der Waals surface area contributed by atoms with Crippen LogP contribution >= 0.6 is 0 Å². The Morgan fingerprint density at radius 1 is 1.12 bits per heavy atom. The lowest BCUT2D eigenvalue weighted by molar-refractivity contribution is -0.142. The topological polar surface area (TPSA) is 79.5 Å². The average molecular weight is 433 g/mol. The number of hydrogen-bond donors (Lipinski definition) is 0. The number of benzene rings is 1. The van der Waals surface area contributed by atoms with Gasteiger partial charge >= 0.3 is 0 Å². The molecule has 0 aliphatic carbocycles. The minimum absolute atomic E-state index is 0.00184. The van der Waals surface area contributed by atoms with Crippen LogP contribution in [0.2, 0.25) is 0 Å². The highest BCUT2D eigenvalue weighted by atomic mass is 16.5. The first-order chi connectivity index (χ1) is 15.4. The molecule has 7 nitrogen and oxygen atoms in total. The van der Waals surface area contributed by atoms with E-state index in [4.69, 9.17) is 4.52 Å². The molecule has 166 valence electrons. The Kier molecular flexibility index (Phi) is 6.08. The predicted molar refractivity (Wildman–Crippen MR) is 121 cm³/mol. The minimum Gasteiger partial charge on any atom is -0.361 e. The van der Waals surface area contributed by atoms with E-state index in [0.717, 1.165) is 17.7 Å². The number of amides is 2. The van der Waals surface area contributed by atoms with E-state index in [1.54, 1.807) is 48.4 Å². The van der Waals surface area contributed by atoms with Gasteiger partial charge in [-0.15, -0.1) is 0 Å². The van der Waals surface area contributed by atoms with Crippen molar-refractivity contribution in [2.24, 2.45) is 5.41 Å². The fourth-order valence-corrected chi connectivity index (χ4v) is 4.44. The quantitative estimate of drug-likeness (QED) is 0.616. The maximum absolute atomic E-state index is 13.4. The van der Waals surface area contributed by atoms with E-state index < -0.39 is 5.41 Å². The smallest absolute Gasteiger partial charge is 0.253 e. The van der Waals surface area contributed by atoms with Crippen molar-refractivity contribution in [3.63, 3.8) is 0 Å². The molecule has 0 radical (unpaired) electrons. The number of hydrogen-bond acceptors (Lipinski definition) is 5. The molecule has 1 aliphatic rings. The molecule has 0 bridgehead atoms. The lowest BCUT2D eigenvalue weighted by atomic mass is 9.75. The van der Waals surface area contributed by atoms with E-state index in [9.17, 15) is 9.59 Å². The third-order valence-corrected chi connectivity index (χ3v) is 6.07. The van der Waals surface area contributed by atoms with Crippen LogP contribution in [-0.2, 0) is 11.2 Å². The number of piperidine rings is 1. The summed E-state index contributed by atoms with van der Waals surface area (Å²) in [7, 11) is 3.51. The van der Waals surface area contributed by atoms with Crippen LogP contribution in [0.1, 0.15) is 34.5 Å². The van der Waals surface area contributed by atoms with Gasteiger partial charge in [0.2, 0.25) is 5.91 Å². The number of carbonyl (C=O) groups excluding carboxylic acids is 2. The Balaban J connectivity index is 1.60. The van der Waals surface area contributed by atoms with Gasteiger partial charge in [0.1, 0.15) is 11.5 Å². The summed E-state index contributed by atoms with van der Waals surface area (Å²) in [4.78, 5) is 33.8. The molecule has 2 aromatic heterocycles. The van der Waals surface area contributed by atoms with E-state index in [2.05, 4.69) is 10.1 Å². The standard InChI is InChI=1S/C25H28N4O3/c1-18-5-7-19(8-6-18)22-15-21(32-27-22)16-25(24(31)28(2)3)11-4-14-29(17-25)23(30)20-9-12-26-13-10-20/h5-10,12-13,15H,4,11,14,16-17H2,1-3H3/t25-/m0/s1. The fourth-order valence-electron chi connectivity index (χ4n) is 4.44. The zero-order valence-electron chi connectivity index (χ0n) is 18.7. The van der Waals surface area contributed by atoms with Crippen LogP contribution in [0, 0.1) is 12.3 Å². The molecule has 7 heteroatoms. The van der Waals surface area contributed by atoms with Gasteiger partial charge in [-0.05, 0) is 31.9 Å². The second-order valence-electron chi connectivity index (χ2n) is 8.77. The maximum atomic E-state index is 13.4. The molecular formula is C25H28N4O3. The number of likely N-dealkylation sites (tertiary alicyclic amines) is 1. The first-order valence-electron chi connectivity index (χ1n) is 10.8. The van der Waals surface area contributed by atoms with Crippen molar-refractivity contribution in [3.05, 3.63) is 71.7 Å². The van der Waals surface area contributed by atoms with Crippen molar-refractivity contribution < 1.29 is 14.1 Å². The van der Waals surface area contributed by atoms with Crippen molar-refractivity contribution in [2.45, 2.75) is 26.2 Å². The Morgan fingerprint density at radius 2 is 1.84 bits per heavy atom. The summed E-state index contributed by atoms with van der Waals surface area (Å²) in [5, 5.41) is 4.23. The summed E-state index contributed by atoms with van der Waals surface area (Å²) in [5.74, 6) is 0.563. The Morgan fingerprint density at radius 3 is 2.53 bits per heavy atom. The molecule has 32 heavy (non-hydrogen) atoms. The molecule has 0 saturated carbocycles. The molecule has 1 atom stereocenters. The van der Waals surface area contributed by atoms with Gasteiger partial charge in [0, 0.05) is 63.2 Å². The van der Waals surface area contributed by atoms with Gasteiger partial charge in [-0.2, -0.15) is 0 Å². The molecule has 4 rings (SSSR count). The molecule has 1 saturated heterocycles. The zero-order valence-corrected chi connectivity index (χ0v) is 18.7.